The molecule has 4 rings (SSSR count). The van der Waals surface area contributed by atoms with Gasteiger partial charge in [0, 0.05) is 5.69 Å². The number of hydrogen-bond donors (Lipinski definition) is 1. The first-order valence-electron chi connectivity index (χ1n) is 8.19. The number of anilines is 1. The zero-order valence-electron chi connectivity index (χ0n) is 14.1. The topological polar surface area (TPSA) is 77.1 Å². The van der Waals surface area contributed by atoms with Crippen molar-refractivity contribution in [1.29, 1.82) is 0 Å². The summed E-state index contributed by atoms with van der Waals surface area (Å²) in [6.07, 6.45) is 1.57. The van der Waals surface area contributed by atoms with Gasteiger partial charge in [0.2, 0.25) is 5.91 Å². The molecule has 3 aromatic heterocycles. The van der Waals surface area contributed by atoms with Crippen LogP contribution in [0, 0.1) is 0 Å². The summed E-state index contributed by atoms with van der Waals surface area (Å²) in [6.45, 7) is 0.273. The monoisotopic (exact) mass is 397 g/mol. The number of carbonyl (C=O) groups is 1. The number of aromatic nitrogens is 2. The fourth-order valence-corrected chi connectivity index (χ4v) is 4.16. The number of furan rings is 1. The molecule has 8 heteroatoms. The van der Waals surface area contributed by atoms with Crippen molar-refractivity contribution in [3.8, 4) is 0 Å². The van der Waals surface area contributed by atoms with E-state index in [4.69, 9.17) is 4.42 Å². The fraction of sp³-hybridized carbons (Fsp3) is 0.105. The van der Waals surface area contributed by atoms with Gasteiger partial charge in [-0.2, -0.15) is 0 Å². The van der Waals surface area contributed by atoms with Crippen LogP contribution in [0.15, 0.2) is 74.5 Å². The highest BCUT2D eigenvalue weighted by atomic mass is 32.2. The van der Waals surface area contributed by atoms with Gasteiger partial charge in [-0.1, -0.05) is 30.0 Å². The molecule has 136 valence electrons. The Bertz CT molecular complexity index is 1120. The van der Waals surface area contributed by atoms with Gasteiger partial charge in [-0.05, 0) is 35.7 Å². The molecule has 1 amide bonds. The summed E-state index contributed by atoms with van der Waals surface area (Å²) >= 11 is 2.59. The molecular formula is C19H15N3O3S2. The van der Waals surface area contributed by atoms with Gasteiger partial charge in [-0.15, -0.1) is 11.3 Å². The van der Waals surface area contributed by atoms with Crippen LogP contribution in [0.25, 0.3) is 10.2 Å². The van der Waals surface area contributed by atoms with Crippen molar-refractivity contribution in [1.82, 2.24) is 9.55 Å². The molecule has 1 N–H and O–H groups in total. The normalized spacial score (nSPS) is 11.0. The Morgan fingerprint density at radius 3 is 2.81 bits per heavy atom. The summed E-state index contributed by atoms with van der Waals surface area (Å²) in [4.78, 5) is 29.7. The maximum Gasteiger partial charge on any atom is 0.272 e. The molecule has 4 aromatic rings. The Kier molecular flexibility index (Phi) is 5.08. The average molecular weight is 397 g/mol. The van der Waals surface area contributed by atoms with E-state index in [1.54, 1.807) is 16.9 Å². The van der Waals surface area contributed by atoms with Gasteiger partial charge in [0.05, 0.1) is 24.1 Å². The van der Waals surface area contributed by atoms with E-state index in [9.17, 15) is 9.59 Å². The predicted octanol–water partition coefficient (Wildman–Crippen LogP) is 3.83. The zero-order chi connectivity index (χ0) is 18.6. The first-order chi connectivity index (χ1) is 13.2. The maximum absolute atomic E-state index is 12.9. The molecule has 1 aromatic carbocycles. The third-order valence-electron chi connectivity index (χ3n) is 3.81. The van der Waals surface area contributed by atoms with Gasteiger partial charge in [0.25, 0.3) is 5.56 Å². The van der Waals surface area contributed by atoms with Crippen LogP contribution in [-0.2, 0) is 11.3 Å². The van der Waals surface area contributed by atoms with Gasteiger partial charge in [-0.3, -0.25) is 14.2 Å². The lowest BCUT2D eigenvalue weighted by atomic mass is 10.3. The number of hydrogen-bond acceptors (Lipinski definition) is 6. The van der Waals surface area contributed by atoms with Gasteiger partial charge in [-0.25, -0.2) is 4.98 Å². The molecule has 0 atom stereocenters. The number of carbonyl (C=O) groups excluding carboxylic acids is 1. The van der Waals surface area contributed by atoms with E-state index >= 15 is 0 Å². The van der Waals surface area contributed by atoms with Crippen molar-refractivity contribution in [2.45, 2.75) is 11.7 Å². The molecule has 0 bridgehead atoms. The second-order valence-corrected chi connectivity index (χ2v) is 7.56. The Balaban J connectivity index is 1.58. The smallest absolute Gasteiger partial charge is 0.272 e. The van der Waals surface area contributed by atoms with E-state index < -0.39 is 0 Å². The number of nitrogens with one attached hydrogen (secondary N) is 1. The van der Waals surface area contributed by atoms with E-state index in [0.717, 1.165) is 5.69 Å². The summed E-state index contributed by atoms with van der Waals surface area (Å²) in [5.41, 5.74) is 1.25. The Morgan fingerprint density at radius 1 is 1.19 bits per heavy atom. The fourth-order valence-electron chi connectivity index (χ4n) is 2.58. The van der Waals surface area contributed by atoms with Crippen LogP contribution in [0.5, 0.6) is 0 Å². The largest absolute Gasteiger partial charge is 0.467 e. The highest BCUT2D eigenvalue weighted by Crippen LogP contribution is 2.22. The Morgan fingerprint density at radius 2 is 2.04 bits per heavy atom. The molecular weight excluding hydrogens is 382 g/mol. The quantitative estimate of drug-likeness (QED) is 0.395. The van der Waals surface area contributed by atoms with E-state index in [1.807, 2.05) is 47.8 Å². The molecule has 0 fully saturated rings. The second-order valence-electron chi connectivity index (χ2n) is 5.70. The number of amides is 1. The molecule has 0 unspecified atom stereocenters. The van der Waals surface area contributed by atoms with Crippen molar-refractivity contribution < 1.29 is 9.21 Å². The van der Waals surface area contributed by atoms with Crippen molar-refractivity contribution in [3.63, 3.8) is 0 Å². The molecule has 0 saturated carbocycles. The van der Waals surface area contributed by atoms with Crippen molar-refractivity contribution in [2.24, 2.45) is 0 Å². The summed E-state index contributed by atoms with van der Waals surface area (Å²) in [6, 6.07) is 14.6. The molecule has 0 aliphatic heterocycles. The summed E-state index contributed by atoms with van der Waals surface area (Å²) < 4.78 is 7.52. The highest BCUT2D eigenvalue weighted by Gasteiger charge is 2.15. The summed E-state index contributed by atoms with van der Waals surface area (Å²) in [7, 11) is 0. The number of thioether (sulfide) groups is 1. The van der Waals surface area contributed by atoms with E-state index in [0.29, 0.717) is 21.1 Å². The van der Waals surface area contributed by atoms with Crippen LogP contribution in [0.2, 0.25) is 0 Å². The van der Waals surface area contributed by atoms with E-state index in [2.05, 4.69) is 10.3 Å². The lowest BCUT2D eigenvalue weighted by molar-refractivity contribution is -0.113. The van der Waals surface area contributed by atoms with Crippen LogP contribution in [0.4, 0.5) is 5.69 Å². The number of thiophene rings is 1. The number of benzene rings is 1. The minimum Gasteiger partial charge on any atom is -0.467 e. The molecule has 0 aliphatic rings. The van der Waals surface area contributed by atoms with Gasteiger partial charge >= 0.3 is 0 Å². The standard InChI is InChI=1S/C19H15N3O3S2/c23-16(20-13-5-2-1-3-6-13)12-27-19-21-15-8-10-26-17(15)18(24)22(19)11-14-7-4-9-25-14/h1-10H,11-12H2,(H,20,23). The lowest BCUT2D eigenvalue weighted by Gasteiger charge is -2.11. The van der Waals surface area contributed by atoms with Gasteiger partial charge in [0.15, 0.2) is 5.16 Å². The molecule has 0 radical (unpaired) electrons. The molecule has 0 aliphatic carbocycles. The van der Waals surface area contributed by atoms with Crippen molar-refractivity contribution in [3.05, 3.63) is 76.3 Å². The zero-order valence-corrected chi connectivity index (χ0v) is 15.8. The van der Waals surface area contributed by atoms with E-state index in [1.165, 1.54) is 23.1 Å². The molecule has 6 nitrogen and oxygen atoms in total. The summed E-state index contributed by atoms with van der Waals surface area (Å²) in [5, 5.41) is 5.16. The number of rotatable bonds is 6. The van der Waals surface area contributed by atoms with Gasteiger partial charge in [0.1, 0.15) is 10.5 Å². The van der Waals surface area contributed by atoms with E-state index in [-0.39, 0.29) is 23.8 Å². The Hall–Kier alpha value is -2.84. The summed E-state index contributed by atoms with van der Waals surface area (Å²) in [5.74, 6) is 0.649. The average Bonchev–Trinajstić information content (AvgIpc) is 3.35. The predicted molar refractivity (Wildman–Crippen MR) is 107 cm³/mol. The van der Waals surface area contributed by atoms with Crippen molar-refractivity contribution >= 4 is 44.9 Å². The van der Waals surface area contributed by atoms with Crippen LogP contribution >= 0.6 is 23.1 Å². The molecule has 0 saturated heterocycles. The number of para-hydroxylation sites is 1. The maximum atomic E-state index is 12.9. The number of nitrogens with zero attached hydrogens (tertiary/aromatic N) is 2. The Labute approximate surface area is 162 Å². The van der Waals surface area contributed by atoms with Gasteiger partial charge < -0.3 is 9.73 Å². The third-order valence-corrected chi connectivity index (χ3v) is 5.68. The third kappa shape index (κ3) is 3.96. The molecule has 27 heavy (non-hydrogen) atoms. The van der Waals surface area contributed by atoms with Crippen LogP contribution in [0.3, 0.4) is 0 Å². The minimum atomic E-state index is -0.157. The van der Waals surface area contributed by atoms with Crippen LogP contribution < -0.4 is 10.9 Å². The first kappa shape index (κ1) is 17.6. The SMILES string of the molecule is O=C(CSc1nc2ccsc2c(=O)n1Cc1ccco1)Nc1ccccc1. The lowest BCUT2D eigenvalue weighted by Crippen LogP contribution is -2.24. The minimum absolute atomic E-state index is 0.127. The molecule has 0 spiro atoms. The molecule has 3 heterocycles. The first-order valence-corrected chi connectivity index (χ1v) is 10.1. The highest BCUT2D eigenvalue weighted by molar-refractivity contribution is 7.99. The van der Waals surface area contributed by atoms with Crippen molar-refractivity contribution in [2.75, 3.05) is 11.1 Å². The van der Waals surface area contributed by atoms with Crippen LogP contribution in [-0.4, -0.2) is 21.2 Å². The van der Waals surface area contributed by atoms with Crippen LogP contribution in [0.1, 0.15) is 5.76 Å². The second kappa shape index (κ2) is 7.81. The number of fused-ring (bicyclic) bond motifs is 1.